The number of benzene rings is 1. The van der Waals surface area contributed by atoms with E-state index in [0.717, 1.165) is 56.8 Å². The van der Waals surface area contributed by atoms with E-state index in [2.05, 4.69) is 30.9 Å². The van der Waals surface area contributed by atoms with Crippen molar-refractivity contribution in [2.24, 2.45) is 5.92 Å². The number of hydrogen-bond acceptors (Lipinski definition) is 2. The van der Waals surface area contributed by atoms with E-state index in [0.29, 0.717) is 11.7 Å². The summed E-state index contributed by atoms with van der Waals surface area (Å²) < 4.78 is 0. The molecule has 1 fully saturated rings. The third kappa shape index (κ3) is 6.22. The van der Waals surface area contributed by atoms with Crippen molar-refractivity contribution in [3.63, 3.8) is 0 Å². The fourth-order valence-electron chi connectivity index (χ4n) is 3.72. The molecule has 1 aliphatic carbocycles. The molecule has 0 atom stereocenters. The zero-order chi connectivity index (χ0) is 17.4. The number of Topliss-reactive ketones (excluding diaryl/α,β-unsaturated/α-hetero) is 1. The predicted molar refractivity (Wildman–Crippen MR) is 103 cm³/mol. The van der Waals surface area contributed by atoms with Crippen LogP contribution in [-0.4, -0.2) is 30.3 Å². The van der Waals surface area contributed by atoms with Gasteiger partial charge in [-0.1, -0.05) is 43.9 Å². The van der Waals surface area contributed by atoms with Crippen LogP contribution in [0.5, 0.6) is 0 Å². The van der Waals surface area contributed by atoms with Gasteiger partial charge in [0.05, 0.1) is 0 Å². The molecule has 0 N–H and O–H groups in total. The van der Waals surface area contributed by atoms with Gasteiger partial charge >= 0.3 is 0 Å². The van der Waals surface area contributed by atoms with Gasteiger partial charge < -0.3 is 4.90 Å². The lowest BCUT2D eigenvalue weighted by Crippen LogP contribution is -2.28. The molecule has 0 amide bonds. The van der Waals surface area contributed by atoms with Gasteiger partial charge in [0, 0.05) is 23.9 Å². The van der Waals surface area contributed by atoms with E-state index < -0.39 is 0 Å². The molecular formula is C21H32ClNO. The largest absolute Gasteiger partial charge is 0.303 e. The average molecular weight is 350 g/mol. The summed E-state index contributed by atoms with van der Waals surface area (Å²) in [5.74, 6) is 0.874. The Hall–Kier alpha value is -0.860. The van der Waals surface area contributed by atoms with E-state index >= 15 is 0 Å². The molecule has 0 bridgehead atoms. The number of carbonyl (C=O) groups is 1. The highest BCUT2D eigenvalue weighted by Crippen LogP contribution is 2.25. The number of rotatable bonds is 9. The minimum Gasteiger partial charge on any atom is -0.303 e. The first-order valence-electron chi connectivity index (χ1n) is 9.60. The Morgan fingerprint density at radius 3 is 2.67 bits per heavy atom. The molecule has 0 unspecified atom stereocenters. The van der Waals surface area contributed by atoms with Gasteiger partial charge in [-0.3, -0.25) is 4.79 Å². The summed E-state index contributed by atoms with van der Waals surface area (Å²) in [6, 6.07) is 6.13. The van der Waals surface area contributed by atoms with Crippen LogP contribution in [0.3, 0.4) is 0 Å². The maximum atomic E-state index is 12.3. The van der Waals surface area contributed by atoms with Gasteiger partial charge in [-0.05, 0) is 69.0 Å². The number of nitrogens with zero attached hydrogens (tertiary/aromatic N) is 1. The highest BCUT2D eigenvalue weighted by molar-refractivity contribution is 6.30. The SMILES string of the molecule is CCN(CCCC(=O)C1CCCCC1)CCc1cc(Cl)ccc1C. The van der Waals surface area contributed by atoms with E-state index in [9.17, 15) is 4.79 Å². The van der Waals surface area contributed by atoms with Crippen LogP contribution in [0.2, 0.25) is 5.02 Å². The summed E-state index contributed by atoms with van der Waals surface area (Å²) in [4.78, 5) is 14.7. The molecule has 2 rings (SSSR count). The van der Waals surface area contributed by atoms with Crippen molar-refractivity contribution in [2.45, 2.75) is 65.2 Å². The minimum atomic E-state index is 0.364. The van der Waals surface area contributed by atoms with Crippen molar-refractivity contribution in [3.05, 3.63) is 34.3 Å². The van der Waals surface area contributed by atoms with Crippen LogP contribution in [0.25, 0.3) is 0 Å². The van der Waals surface area contributed by atoms with Crippen molar-refractivity contribution < 1.29 is 4.79 Å². The van der Waals surface area contributed by atoms with Crippen LogP contribution in [0.4, 0.5) is 0 Å². The summed E-state index contributed by atoms with van der Waals surface area (Å²) in [6.45, 7) is 7.44. The third-order valence-corrected chi connectivity index (χ3v) is 5.65. The lowest BCUT2D eigenvalue weighted by atomic mass is 9.85. The molecule has 0 heterocycles. The summed E-state index contributed by atoms with van der Waals surface area (Å²) in [6.07, 6.45) is 8.85. The average Bonchev–Trinajstić information content (AvgIpc) is 2.61. The van der Waals surface area contributed by atoms with E-state index in [1.807, 2.05) is 6.07 Å². The smallest absolute Gasteiger partial charge is 0.136 e. The lowest BCUT2D eigenvalue weighted by molar-refractivity contribution is -0.123. The van der Waals surface area contributed by atoms with Gasteiger partial charge in [0.25, 0.3) is 0 Å². The second-order valence-corrected chi connectivity index (χ2v) is 7.60. The van der Waals surface area contributed by atoms with Crippen LogP contribution in [0, 0.1) is 12.8 Å². The van der Waals surface area contributed by atoms with E-state index in [-0.39, 0.29) is 0 Å². The molecule has 0 aromatic heterocycles. The second kappa shape index (κ2) is 10.2. The van der Waals surface area contributed by atoms with Crippen molar-refractivity contribution in [3.8, 4) is 0 Å². The van der Waals surface area contributed by atoms with Crippen molar-refractivity contribution >= 4 is 17.4 Å². The summed E-state index contributed by atoms with van der Waals surface area (Å²) in [7, 11) is 0. The molecule has 1 aromatic rings. The molecule has 0 saturated heterocycles. The first-order valence-corrected chi connectivity index (χ1v) is 9.98. The fourth-order valence-corrected chi connectivity index (χ4v) is 3.92. The molecule has 24 heavy (non-hydrogen) atoms. The lowest BCUT2D eigenvalue weighted by Gasteiger charge is -2.23. The number of hydrogen-bond donors (Lipinski definition) is 0. The van der Waals surface area contributed by atoms with Gasteiger partial charge in [-0.2, -0.15) is 0 Å². The van der Waals surface area contributed by atoms with Crippen molar-refractivity contribution in [2.75, 3.05) is 19.6 Å². The maximum absolute atomic E-state index is 12.3. The van der Waals surface area contributed by atoms with Gasteiger partial charge in [0.15, 0.2) is 0 Å². The van der Waals surface area contributed by atoms with Crippen molar-refractivity contribution in [1.29, 1.82) is 0 Å². The van der Waals surface area contributed by atoms with Gasteiger partial charge in [0.1, 0.15) is 5.78 Å². The number of halogens is 1. The zero-order valence-electron chi connectivity index (χ0n) is 15.3. The van der Waals surface area contributed by atoms with Crippen LogP contribution in [-0.2, 0) is 11.2 Å². The molecule has 0 aliphatic heterocycles. The van der Waals surface area contributed by atoms with Crippen LogP contribution in [0.15, 0.2) is 18.2 Å². The van der Waals surface area contributed by atoms with Crippen molar-refractivity contribution in [1.82, 2.24) is 4.90 Å². The number of carbonyl (C=O) groups excluding carboxylic acids is 1. The van der Waals surface area contributed by atoms with Gasteiger partial charge in [0.2, 0.25) is 0 Å². The first kappa shape index (κ1) is 19.5. The first-order chi connectivity index (χ1) is 11.6. The van der Waals surface area contributed by atoms with Gasteiger partial charge in [-0.15, -0.1) is 0 Å². The number of likely N-dealkylation sites (N-methyl/N-ethyl adjacent to an activating group) is 1. The Morgan fingerprint density at radius 2 is 1.96 bits per heavy atom. The molecule has 3 heteroatoms. The third-order valence-electron chi connectivity index (χ3n) is 5.41. The highest BCUT2D eigenvalue weighted by Gasteiger charge is 2.20. The molecular weight excluding hydrogens is 318 g/mol. The number of ketones is 1. The fraction of sp³-hybridized carbons (Fsp3) is 0.667. The van der Waals surface area contributed by atoms with E-state index in [1.165, 1.54) is 30.4 Å². The molecule has 134 valence electrons. The monoisotopic (exact) mass is 349 g/mol. The Labute approximate surface area is 152 Å². The molecule has 2 nitrogen and oxygen atoms in total. The Bertz CT molecular complexity index is 523. The van der Waals surface area contributed by atoms with Crippen LogP contribution >= 0.6 is 11.6 Å². The molecule has 1 aliphatic rings. The normalized spacial score (nSPS) is 15.8. The standard InChI is InChI=1S/C21H32ClNO/c1-3-23(15-13-19-16-20(22)12-11-17(19)2)14-7-10-21(24)18-8-5-4-6-9-18/h11-12,16,18H,3-10,13-15H2,1-2H3. The molecule has 1 aromatic carbocycles. The van der Waals surface area contributed by atoms with Crippen LogP contribution < -0.4 is 0 Å². The van der Waals surface area contributed by atoms with Gasteiger partial charge in [-0.25, -0.2) is 0 Å². The van der Waals surface area contributed by atoms with Crippen LogP contribution in [0.1, 0.15) is 63.0 Å². The number of aryl methyl sites for hydroxylation is 1. The molecule has 0 spiro atoms. The molecule has 0 radical (unpaired) electrons. The Morgan fingerprint density at radius 1 is 1.21 bits per heavy atom. The minimum absolute atomic E-state index is 0.364. The summed E-state index contributed by atoms with van der Waals surface area (Å²) in [5.41, 5.74) is 2.64. The zero-order valence-corrected chi connectivity index (χ0v) is 16.1. The second-order valence-electron chi connectivity index (χ2n) is 7.16. The quantitative estimate of drug-likeness (QED) is 0.591. The highest BCUT2D eigenvalue weighted by atomic mass is 35.5. The van der Waals surface area contributed by atoms with E-state index in [4.69, 9.17) is 11.6 Å². The Balaban J connectivity index is 1.71. The summed E-state index contributed by atoms with van der Waals surface area (Å²) in [5, 5.41) is 0.816. The molecule has 1 saturated carbocycles. The maximum Gasteiger partial charge on any atom is 0.136 e. The van der Waals surface area contributed by atoms with E-state index in [1.54, 1.807) is 0 Å². The summed E-state index contributed by atoms with van der Waals surface area (Å²) >= 11 is 6.11. The predicted octanol–water partition coefficient (Wildman–Crippen LogP) is 5.44. The topological polar surface area (TPSA) is 20.3 Å². The Kier molecular flexibility index (Phi) is 8.28.